The van der Waals surface area contributed by atoms with Gasteiger partial charge in [0.15, 0.2) is 5.76 Å². The van der Waals surface area contributed by atoms with Gasteiger partial charge in [0.05, 0.1) is 24.5 Å². The first kappa shape index (κ1) is 24.2. The van der Waals surface area contributed by atoms with E-state index in [1.807, 2.05) is 0 Å². The Morgan fingerprint density at radius 3 is 2.38 bits per heavy atom. The van der Waals surface area contributed by atoms with Crippen molar-refractivity contribution in [1.82, 2.24) is 14.8 Å². The first-order valence-electron chi connectivity index (χ1n) is 9.13. The smallest absolute Gasteiger partial charge is 0.291 e. The second-order valence-corrected chi connectivity index (χ2v) is 6.12. The van der Waals surface area contributed by atoms with Gasteiger partial charge in [0.1, 0.15) is 35.9 Å². The lowest BCUT2D eigenvalue weighted by molar-refractivity contribution is -0.742. The van der Waals surface area contributed by atoms with Crippen LogP contribution in [0.25, 0.3) is 11.5 Å². The van der Waals surface area contributed by atoms with Gasteiger partial charge in [-0.25, -0.2) is 22.8 Å². The standard InChI is InChI=1S/C20H18F3N3O2.HNO3/c1-14(26-13-24-12-25-26)20(18-8-5-16(22)11-19(18)23)28-10-2-9-27-17-6-3-15(21)4-7-17;2-1(3)4/h3-8,11-13H,2,9-10H2,1H3;(H,2,3,4)/b20-14-;. The van der Waals surface area contributed by atoms with Crippen molar-refractivity contribution in [1.29, 1.82) is 0 Å². The molecular formula is C20H19F3N4O5. The number of hydrogen-bond donors (Lipinski definition) is 1. The number of halogens is 3. The number of aromatic nitrogens is 3. The highest BCUT2D eigenvalue weighted by molar-refractivity contribution is 5.77. The Morgan fingerprint density at radius 1 is 1.12 bits per heavy atom. The van der Waals surface area contributed by atoms with Crippen molar-refractivity contribution in [3.63, 3.8) is 0 Å². The maximum atomic E-state index is 14.3. The van der Waals surface area contributed by atoms with Crippen LogP contribution in [0.5, 0.6) is 5.75 Å². The van der Waals surface area contributed by atoms with E-state index in [4.69, 9.17) is 24.8 Å². The highest BCUT2D eigenvalue weighted by atomic mass is 19.1. The van der Waals surface area contributed by atoms with E-state index >= 15 is 0 Å². The van der Waals surface area contributed by atoms with Crippen molar-refractivity contribution in [2.75, 3.05) is 13.2 Å². The zero-order valence-corrected chi connectivity index (χ0v) is 16.8. The fourth-order valence-electron chi connectivity index (χ4n) is 2.49. The summed E-state index contributed by atoms with van der Waals surface area (Å²) in [7, 11) is 0. The summed E-state index contributed by atoms with van der Waals surface area (Å²) in [5.74, 6) is -0.982. The lowest BCUT2D eigenvalue weighted by Crippen LogP contribution is -2.07. The number of rotatable bonds is 8. The van der Waals surface area contributed by atoms with E-state index in [-0.39, 0.29) is 23.7 Å². The minimum atomic E-state index is -1.50. The van der Waals surface area contributed by atoms with Crippen molar-refractivity contribution < 1.29 is 32.9 Å². The van der Waals surface area contributed by atoms with E-state index in [1.54, 1.807) is 6.92 Å². The van der Waals surface area contributed by atoms with Crippen LogP contribution >= 0.6 is 0 Å². The molecule has 0 saturated carbocycles. The third-order valence-electron chi connectivity index (χ3n) is 3.88. The molecule has 12 heteroatoms. The van der Waals surface area contributed by atoms with Crippen LogP contribution in [0.4, 0.5) is 13.2 Å². The van der Waals surface area contributed by atoms with Gasteiger partial charge in [-0.05, 0) is 43.3 Å². The molecule has 0 bridgehead atoms. The molecule has 3 rings (SSSR count). The van der Waals surface area contributed by atoms with E-state index in [1.165, 1.54) is 47.7 Å². The Bertz CT molecular complexity index is 1040. The molecule has 0 aliphatic heterocycles. The SMILES string of the molecule is C/C(=C(/OCCCOc1ccc(F)cc1)c1ccc(F)cc1F)n1cncn1.O=[N+]([O-])O. The van der Waals surface area contributed by atoms with Crippen LogP contribution in [0.15, 0.2) is 55.1 Å². The molecule has 0 unspecified atom stereocenters. The molecule has 0 radical (unpaired) electrons. The molecule has 0 saturated heterocycles. The fourth-order valence-corrected chi connectivity index (χ4v) is 2.49. The molecule has 3 aromatic rings. The number of hydrogen-bond acceptors (Lipinski definition) is 6. The van der Waals surface area contributed by atoms with Crippen molar-refractivity contribution in [3.8, 4) is 5.75 Å². The molecule has 0 aliphatic carbocycles. The van der Waals surface area contributed by atoms with Crippen LogP contribution < -0.4 is 4.74 Å². The Balaban J connectivity index is 0.000000837. The summed E-state index contributed by atoms with van der Waals surface area (Å²) < 4.78 is 53.1. The van der Waals surface area contributed by atoms with E-state index in [0.29, 0.717) is 24.5 Å². The van der Waals surface area contributed by atoms with Gasteiger partial charge in [0.2, 0.25) is 0 Å². The number of ether oxygens (including phenoxy) is 2. The van der Waals surface area contributed by atoms with E-state index in [9.17, 15) is 13.2 Å². The second-order valence-electron chi connectivity index (χ2n) is 6.12. The van der Waals surface area contributed by atoms with Crippen molar-refractivity contribution in [3.05, 3.63) is 88.2 Å². The molecule has 2 aromatic carbocycles. The van der Waals surface area contributed by atoms with E-state index in [2.05, 4.69) is 10.1 Å². The number of benzene rings is 2. The normalized spacial score (nSPS) is 11.1. The second kappa shape index (κ2) is 11.9. The van der Waals surface area contributed by atoms with Gasteiger partial charge in [0.25, 0.3) is 5.09 Å². The van der Waals surface area contributed by atoms with Crippen LogP contribution in [0, 0.1) is 27.6 Å². The molecule has 0 amide bonds. The predicted molar refractivity (Wildman–Crippen MR) is 106 cm³/mol. The molecule has 1 aromatic heterocycles. The van der Waals surface area contributed by atoms with Gasteiger partial charge < -0.3 is 14.7 Å². The van der Waals surface area contributed by atoms with Crippen LogP contribution in [-0.4, -0.2) is 38.3 Å². The molecule has 0 aliphatic rings. The Kier molecular flexibility index (Phi) is 9.02. The minimum Gasteiger partial charge on any atom is -0.493 e. The minimum absolute atomic E-state index is 0.119. The van der Waals surface area contributed by atoms with Crippen LogP contribution in [0.2, 0.25) is 0 Å². The average Bonchev–Trinajstić information content (AvgIpc) is 3.27. The number of nitrogens with zero attached hydrogens (tertiary/aromatic N) is 4. The Morgan fingerprint density at radius 2 is 1.78 bits per heavy atom. The van der Waals surface area contributed by atoms with E-state index < -0.39 is 16.7 Å². The van der Waals surface area contributed by atoms with Crippen LogP contribution in [-0.2, 0) is 4.74 Å². The van der Waals surface area contributed by atoms with Crippen LogP contribution in [0.1, 0.15) is 18.9 Å². The zero-order chi connectivity index (χ0) is 23.5. The highest BCUT2D eigenvalue weighted by Crippen LogP contribution is 2.26. The Labute approximate surface area is 180 Å². The molecule has 0 spiro atoms. The third kappa shape index (κ3) is 7.63. The van der Waals surface area contributed by atoms with Gasteiger partial charge in [-0.2, -0.15) is 5.10 Å². The maximum Gasteiger partial charge on any atom is 0.291 e. The quantitative estimate of drug-likeness (QED) is 0.236. The molecular weight excluding hydrogens is 433 g/mol. The average molecular weight is 452 g/mol. The summed E-state index contributed by atoms with van der Waals surface area (Å²) >= 11 is 0. The monoisotopic (exact) mass is 452 g/mol. The topological polar surface area (TPSA) is 113 Å². The lowest BCUT2D eigenvalue weighted by Gasteiger charge is -2.15. The fraction of sp³-hybridized carbons (Fsp3) is 0.200. The third-order valence-corrected chi connectivity index (χ3v) is 3.88. The van der Waals surface area contributed by atoms with Gasteiger partial charge in [0, 0.05) is 12.5 Å². The van der Waals surface area contributed by atoms with E-state index in [0.717, 1.165) is 12.1 Å². The van der Waals surface area contributed by atoms with Gasteiger partial charge in [-0.1, -0.05) is 0 Å². The molecule has 9 nitrogen and oxygen atoms in total. The van der Waals surface area contributed by atoms with Crippen molar-refractivity contribution in [2.24, 2.45) is 0 Å². The summed E-state index contributed by atoms with van der Waals surface area (Å²) in [4.78, 5) is 12.2. The first-order chi connectivity index (χ1) is 15.3. The highest BCUT2D eigenvalue weighted by Gasteiger charge is 2.15. The largest absolute Gasteiger partial charge is 0.493 e. The summed E-state index contributed by atoms with van der Waals surface area (Å²) in [5, 5.41) is 17.7. The first-order valence-corrected chi connectivity index (χ1v) is 9.13. The Hall–Kier alpha value is -4.09. The molecule has 170 valence electrons. The summed E-state index contributed by atoms with van der Waals surface area (Å²) in [6, 6.07) is 8.96. The van der Waals surface area contributed by atoms with Gasteiger partial charge >= 0.3 is 0 Å². The van der Waals surface area contributed by atoms with Crippen molar-refractivity contribution in [2.45, 2.75) is 13.3 Å². The predicted octanol–water partition coefficient (Wildman–Crippen LogP) is 4.18. The van der Waals surface area contributed by atoms with Gasteiger partial charge in [-0.3, -0.25) is 0 Å². The number of allylic oxidation sites excluding steroid dienone is 1. The molecule has 1 heterocycles. The van der Waals surface area contributed by atoms with Crippen LogP contribution in [0.3, 0.4) is 0 Å². The maximum absolute atomic E-state index is 14.3. The van der Waals surface area contributed by atoms with Gasteiger partial charge in [-0.15, -0.1) is 10.1 Å². The summed E-state index contributed by atoms with van der Waals surface area (Å²) in [6.45, 7) is 2.24. The summed E-state index contributed by atoms with van der Waals surface area (Å²) in [5.41, 5.74) is 0.622. The molecule has 0 atom stereocenters. The zero-order valence-electron chi connectivity index (χ0n) is 16.8. The molecule has 1 N–H and O–H groups in total. The molecule has 0 fully saturated rings. The lowest BCUT2D eigenvalue weighted by atomic mass is 10.1. The van der Waals surface area contributed by atoms with Crippen molar-refractivity contribution >= 4 is 11.5 Å². The summed E-state index contributed by atoms with van der Waals surface area (Å²) in [6.07, 6.45) is 3.30. The molecule has 32 heavy (non-hydrogen) atoms.